The van der Waals surface area contributed by atoms with Gasteiger partial charge in [-0.15, -0.1) is 0 Å². The molecule has 1 aliphatic rings. The summed E-state index contributed by atoms with van der Waals surface area (Å²) >= 11 is 0. The number of hydrogen-bond donors (Lipinski definition) is 2. The van der Waals surface area contributed by atoms with E-state index in [1.54, 1.807) is 0 Å². The van der Waals surface area contributed by atoms with E-state index in [-0.39, 0.29) is 6.61 Å². The summed E-state index contributed by atoms with van der Waals surface area (Å²) in [7, 11) is 0. The molecule has 20 heavy (non-hydrogen) atoms. The lowest BCUT2D eigenvalue weighted by Gasteiger charge is -2.22. The van der Waals surface area contributed by atoms with E-state index in [1.807, 2.05) is 24.3 Å². The summed E-state index contributed by atoms with van der Waals surface area (Å²) in [4.78, 5) is 4.63. The van der Waals surface area contributed by atoms with Crippen LogP contribution < -0.4 is 5.32 Å². The Bertz CT molecular complexity index is 561. The molecule has 0 radical (unpaired) electrons. The van der Waals surface area contributed by atoms with Gasteiger partial charge in [0.15, 0.2) is 0 Å². The summed E-state index contributed by atoms with van der Waals surface area (Å²) in [5.74, 6) is 0.902. The fourth-order valence-electron chi connectivity index (χ4n) is 2.74. The lowest BCUT2D eigenvalue weighted by atomic mass is 10.1. The fraction of sp³-hybridized carbons (Fsp3) is 0.533. The number of nitrogens with one attached hydrogen (secondary N) is 1. The second kappa shape index (κ2) is 6.35. The number of fused-ring (bicyclic) bond motifs is 1. The number of aliphatic hydroxyl groups is 1. The third-order valence-corrected chi connectivity index (χ3v) is 3.79. The van der Waals surface area contributed by atoms with Crippen LogP contribution in [0.15, 0.2) is 24.3 Å². The van der Waals surface area contributed by atoms with Crippen molar-refractivity contribution in [2.75, 3.05) is 19.7 Å². The van der Waals surface area contributed by atoms with Gasteiger partial charge in [0.2, 0.25) is 0 Å². The monoisotopic (exact) mass is 275 g/mol. The number of nitrogens with zero attached hydrogens (tertiary/aromatic N) is 2. The van der Waals surface area contributed by atoms with Crippen LogP contribution in [-0.4, -0.2) is 40.5 Å². The van der Waals surface area contributed by atoms with Crippen LogP contribution in [0.2, 0.25) is 0 Å². The molecule has 0 atom stereocenters. The minimum absolute atomic E-state index is 0.112. The second-order valence-electron chi connectivity index (χ2n) is 5.15. The zero-order valence-electron chi connectivity index (χ0n) is 11.6. The van der Waals surface area contributed by atoms with Crippen molar-refractivity contribution in [3.8, 4) is 0 Å². The Labute approximate surface area is 118 Å². The molecule has 5 nitrogen and oxygen atoms in total. The molecule has 0 amide bonds. The van der Waals surface area contributed by atoms with Crippen LogP contribution in [0.5, 0.6) is 0 Å². The Morgan fingerprint density at radius 3 is 2.90 bits per heavy atom. The summed E-state index contributed by atoms with van der Waals surface area (Å²) in [6, 6.07) is 8.01. The molecule has 5 heteroatoms. The van der Waals surface area contributed by atoms with Crippen LogP contribution in [0.1, 0.15) is 18.7 Å². The van der Waals surface area contributed by atoms with Crippen molar-refractivity contribution < 1.29 is 9.84 Å². The van der Waals surface area contributed by atoms with Gasteiger partial charge in [0.05, 0.1) is 23.7 Å². The summed E-state index contributed by atoms with van der Waals surface area (Å²) in [5.41, 5.74) is 2.02. The van der Waals surface area contributed by atoms with Gasteiger partial charge in [-0.3, -0.25) is 0 Å². The Kier molecular flexibility index (Phi) is 4.30. The number of benzene rings is 1. The highest BCUT2D eigenvalue weighted by Gasteiger charge is 2.16. The van der Waals surface area contributed by atoms with Gasteiger partial charge < -0.3 is 19.7 Å². The third-order valence-electron chi connectivity index (χ3n) is 3.79. The number of aromatic nitrogens is 2. The molecule has 0 spiro atoms. The molecule has 108 valence electrons. The Balaban J connectivity index is 1.77. The maximum atomic E-state index is 9.24. The molecule has 1 saturated heterocycles. The first kappa shape index (κ1) is 13.5. The second-order valence-corrected chi connectivity index (χ2v) is 5.15. The average Bonchev–Trinajstić information content (AvgIpc) is 2.85. The van der Waals surface area contributed by atoms with Crippen molar-refractivity contribution in [3.63, 3.8) is 0 Å². The highest BCUT2D eigenvalue weighted by molar-refractivity contribution is 5.75. The Morgan fingerprint density at radius 1 is 1.30 bits per heavy atom. The first-order valence-electron chi connectivity index (χ1n) is 7.26. The van der Waals surface area contributed by atoms with Crippen LogP contribution in [0.3, 0.4) is 0 Å². The lowest BCUT2D eigenvalue weighted by molar-refractivity contribution is 0.0164. The fourth-order valence-corrected chi connectivity index (χ4v) is 2.74. The van der Waals surface area contributed by atoms with Crippen molar-refractivity contribution in [3.05, 3.63) is 30.1 Å². The highest BCUT2D eigenvalue weighted by atomic mass is 16.5. The van der Waals surface area contributed by atoms with E-state index in [4.69, 9.17) is 4.74 Å². The SMILES string of the molecule is OCCn1c(COC2CCNCC2)nc2ccccc21. The topological polar surface area (TPSA) is 59.3 Å². The molecule has 0 bridgehead atoms. The molecule has 0 unspecified atom stereocenters. The number of rotatable bonds is 5. The molecule has 2 N–H and O–H groups in total. The van der Waals surface area contributed by atoms with Gasteiger partial charge >= 0.3 is 0 Å². The summed E-state index contributed by atoms with van der Waals surface area (Å²) < 4.78 is 8.03. The van der Waals surface area contributed by atoms with Gasteiger partial charge in [-0.05, 0) is 38.1 Å². The van der Waals surface area contributed by atoms with Gasteiger partial charge in [-0.25, -0.2) is 4.98 Å². The van der Waals surface area contributed by atoms with E-state index in [2.05, 4.69) is 14.9 Å². The van der Waals surface area contributed by atoms with E-state index in [1.165, 1.54) is 0 Å². The Morgan fingerprint density at radius 2 is 2.10 bits per heavy atom. The highest BCUT2D eigenvalue weighted by Crippen LogP contribution is 2.18. The van der Waals surface area contributed by atoms with E-state index in [9.17, 15) is 5.11 Å². The van der Waals surface area contributed by atoms with Crippen molar-refractivity contribution in [1.82, 2.24) is 14.9 Å². The number of para-hydroxylation sites is 2. The quantitative estimate of drug-likeness (QED) is 0.863. The van der Waals surface area contributed by atoms with Crippen molar-refractivity contribution in [2.45, 2.75) is 32.1 Å². The lowest BCUT2D eigenvalue weighted by Crippen LogP contribution is -2.32. The minimum atomic E-state index is 0.112. The van der Waals surface area contributed by atoms with Crippen molar-refractivity contribution >= 4 is 11.0 Å². The van der Waals surface area contributed by atoms with Crippen LogP contribution in [-0.2, 0) is 17.9 Å². The molecule has 1 aliphatic heterocycles. The van der Waals surface area contributed by atoms with E-state index in [0.717, 1.165) is 42.8 Å². The number of piperidine rings is 1. The minimum Gasteiger partial charge on any atom is -0.395 e. The summed E-state index contributed by atoms with van der Waals surface area (Å²) in [6.07, 6.45) is 2.43. The summed E-state index contributed by atoms with van der Waals surface area (Å²) in [5, 5.41) is 12.6. The zero-order chi connectivity index (χ0) is 13.8. The van der Waals surface area contributed by atoms with Crippen molar-refractivity contribution in [1.29, 1.82) is 0 Å². The molecule has 0 aliphatic carbocycles. The first-order valence-corrected chi connectivity index (χ1v) is 7.26. The van der Waals surface area contributed by atoms with Crippen LogP contribution in [0, 0.1) is 0 Å². The standard InChI is InChI=1S/C15H21N3O2/c19-10-9-18-14-4-2-1-3-13(14)17-15(18)11-20-12-5-7-16-8-6-12/h1-4,12,16,19H,5-11H2. The number of hydrogen-bond acceptors (Lipinski definition) is 4. The van der Waals surface area contributed by atoms with Gasteiger partial charge in [-0.1, -0.05) is 12.1 Å². The van der Waals surface area contributed by atoms with Crippen molar-refractivity contribution in [2.24, 2.45) is 0 Å². The largest absolute Gasteiger partial charge is 0.395 e. The van der Waals surface area contributed by atoms with Gasteiger partial charge in [0.1, 0.15) is 12.4 Å². The average molecular weight is 275 g/mol. The van der Waals surface area contributed by atoms with Gasteiger partial charge in [0.25, 0.3) is 0 Å². The summed E-state index contributed by atoms with van der Waals surface area (Å²) in [6.45, 7) is 3.24. The third kappa shape index (κ3) is 2.85. The number of aliphatic hydroxyl groups excluding tert-OH is 1. The zero-order valence-corrected chi connectivity index (χ0v) is 11.6. The molecule has 3 rings (SSSR count). The molecular weight excluding hydrogens is 254 g/mol. The first-order chi connectivity index (χ1) is 9.88. The predicted molar refractivity (Wildman–Crippen MR) is 77.5 cm³/mol. The number of imidazole rings is 1. The normalized spacial score (nSPS) is 16.9. The van der Waals surface area contributed by atoms with Gasteiger partial charge in [0, 0.05) is 6.54 Å². The maximum Gasteiger partial charge on any atom is 0.136 e. The van der Waals surface area contributed by atoms with Gasteiger partial charge in [-0.2, -0.15) is 0 Å². The molecular formula is C15H21N3O2. The van der Waals surface area contributed by atoms with E-state index >= 15 is 0 Å². The molecule has 1 fully saturated rings. The van der Waals surface area contributed by atoms with Crippen LogP contribution >= 0.6 is 0 Å². The van der Waals surface area contributed by atoms with Crippen LogP contribution in [0.25, 0.3) is 11.0 Å². The number of ether oxygens (including phenoxy) is 1. The van der Waals surface area contributed by atoms with E-state index < -0.39 is 0 Å². The molecule has 2 heterocycles. The van der Waals surface area contributed by atoms with Crippen LogP contribution in [0.4, 0.5) is 0 Å². The molecule has 1 aromatic heterocycles. The Hall–Kier alpha value is -1.43. The molecule has 0 saturated carbocycles. The molecule has 1 aromatic carbocycles. The predicted octanol–water partition coefficient (Wildman–Crippen LogP) is 1.30. The smallest absolute Gasteiger partial charge is 0.136 e. The molecule has 2 aromatic rings. The van der Waals surface area contributed by atoms with E-state index in [0.29, 0.717) is 19.3 Å². The maximum absolute atomic E-state index is 9.24.